The number of carboxylic acids is 1. The first-order valence-electron chi connectivity index (χ1n) is 6.73. The number of para-hydroxylation sites is 2. The minimum absolute atomic E-state index is 0.00825. The molecule has 2 aromatic rings. The second-order valence-electron chi connectivity index (χ2n) is 4.91. The van der Waals surface area contributed by atoms with Crippen LogP contribution < -0.4 is 8.37 Å². The summed E-state index contributed by atoms with van der Waals surface area (Å²) in [5.74, 6) is -2.40. The predicted molar refractivity (Wildman–Crippen MR) is 87.0 cm³/mol. The molecule has 0 radical (unpaired) electrons. The average molecular weight is 404 g/mol. The Kier molecular flexibility index (Phi) is 5.51. The van der Waals surface area contributed by atoms with Gasteiger partial charge < -0.3 is 13.5 Å². The fraction of sp³-hybridized carbons (Fsp3) is 0.0714. The number of benzene rings is 2. The largest absolute Gasteiger partial charge is 0.478 e. The van der Waals surface area contributed by atoms with Gasteiger partial charge in [-0.15, -0.1) is 0 Å². The van der Waals surface area contributed by atoms with Gasteiger partial charge in [0.15, 0.2) is 5.75 Å². The molecule has 10 nitrogen and oxygen atoms in total. The van der Waals surface area contributed by atoms with Crippen molar-refractivity contribution >= 4 is 26.8 Å². The molecule has 0 aliphatic carbocycles. The minimum atomic E-state index is -5.02. The lowest BCUT2D eigenvalue weighted by Gasteiger charge is -2.13. The van der Waals surface area contributed by atoms with Gasteiger partial charge in [0.2, 0.25) is 0 Å². The monoisotopic (exact) mass is 404 g/mol. The van der Waals surface area contributed by atoms with Crippen molar-refractivity contribution in [3.63, 3.8) is 0 Å². The summed E-state index contributed by atoms with van der Waals surface area (Å²) in [5.41, 5.74) is -0.352. The first-order valence-corrected chi connectivity index (χ1v) is 9.46. The predicted octanol–water partition coefficient (Wildman–Crippen LogP) is 1.34. The molecule has 140 valence electrons. The van der Waals surface area contributed by atoms with Gasteiger partial charge in [0.05, 0.1) is 0 Å². The smallest absolute Gasteiger partial charge is 0.446 e. The third kappa shape index (κ3) is 5.42. The number of carboxylic acid groups (broad SMARTS) is 1. The van der Waals surface area contributed by atoms with Crippen molar-refractivity contribution in [2.75, 3.05) is 0 Å². The Balaban J connectivity index is 2.54. The molecule has 0 spiro atoms. The molecule has 0 amide bonds. The number of aromatic carboxylic acids is 1. The SMILES string of the molecule is O=C(O)c1cccc(Cc2ccccc2OS(=O)(=O)O)c1OS(=O)(=O)O. The van der Waals surface area contributed by atoms with E-state index in [0.717, 1.165) is 6.07 Å². The molecule has 0 aromatic heterocycles. The van der Waals surface area contributed by atoms with Crippen LogP contribution in [0.5, 0.6) is 11.5 Å². The normalized spacial score (nSPS) is 11.8. The van der Waals surface area contributed by atoms with Crippen LogP contribution in [0, 0.1) is 0 Å². The Hall–Kier alpha value is -2.67. The Morgan fingerprint density at radius 1 is 0.846 bits per heavy atom. The van der Waals surface area contributed by atoms with Crippen LogP contribution in [-0.4, -0.2) is 37.0 Å². The van der Waals surface area contributed by atoms with Gasteiger partial charge in [-0.3, -0.25) is 9.11 Å². The average Bonchev–Trinajstić information content (AvgIpc) is 2.47. The number of rotatable bonds is 7. The lowest BCUT2D eigenvalue weighted by atomic mass is 10.0. The molecular weight excluding hydrogens is 392 g/mol. The Morgan fingerprint density at radius 2 is 1.42 bits per heavy atom. The van der Waals surface area contributed by atoms with Gasteiger partial charge in [-0.25, -0.2) is 4.79 Å². The summed E-state index contributed by atoms with van der Waals surface area (Å²) in [7, 11) is -9.83. The third-order valence-corrected chi connectivity index (χ3v) is 3.83. The summed E-state index contributed by atoms with van der Waals surface area (Å²) in [6, 6.07) is 9.26. The van der Waals surface area contributed by atoms with Gasteiger partial charge >= 0.3 is 26.8 Å². The van der Waals surface area contributed by atoms with Crippen molar-refractivity contribution in [3.05, 3.63) is 59.2 Å². The van der Waals surface area contributed by atoms with Crippen LogP contribution in [0.3, 0.4) is 0 Å². The fourth-order valence-electron chi connectivity index (χ4n) is 2.15. The van der Waals surface area contributed by atoms with E-state index in [9.17, 15) is 21.6 Å². The van der Waals surface area contributed by atoms with Gasteiger partial charge in [0.1, 0.15) is 11.3 Å². The Morgan fingerprint density at radius 3 is 2.00 bits per heavy atom. The molecule has 0 aliphatic heterocycles. The Bertz CT molecular complexity index is 1040. The van der Waals surface area contributed by atoms with Crippen molar-refractivity contribution in [1.29, 1.82) is 0 Å². The molecule has 12 heteroatoms. The zero-order valence-corrected chi connectivity index (χ0v) is 14.4. The highest BCUT2D eigenvalue weighted by molar-refractivity contribution is 7.81. The van der Waals surface area contributed by atoms with Crippen molar-refractivity contribution in [2.45, 2.75) is 6.42 Å². The Labute approximate surface area is 148 Å². The van der Waals surface area contributed by atoms with Gasteiger partial charge in [0, 0.05) is 17.5 Å². The summed E-state index contributed by atoms with van der Waals surface area (Å²) in [4.78, 5) is 11.3. The molecule has 0 aliphatic rings. The fourth-order valence-corrected chi connectivity index (χ4v) is 2.94. The van der Waals surface area contributed by atoms with Crippen LogP contribution in [0.2, 0.25) is 0 Å². The summed E-state index contributed by atoms with van der Waals surface area (Å²) >= 11 is 0. The third-order valence-electron chi connectivity index (χ3n) is 3.06. The van der Waals surface area contributed by atoms with E-state index in [4.69, 9.17) is 14.2 Å². The van der Waals surface area contributed by atoms with E-state index in [1.807, 2.05) is 0 Å². The van der Waals surface area contributed by atoms with E-state index in [1.54, 1.807) is 0 Å². The molecule has 0 unspecified atom stereocenters. The molecular formula is C14H12O10S2. The van der Waals surface area contributed by atoms with E-state index in [0.29, 0.717) is 0 Å². The second kappa shape index (κ2) is 7.29. The molecule has 0 fully saturated rings. The zero-order valence-electron chi connectivity index (χ0n) is 12.8. The molecule has 0 saturated heterocycles. The molecule has 3 N–H and O–H groups in total. The van der Waals surface area contributed by atoms with Crippen LogP contribution in [0.4, 0.5) is 0 Å². The molecule has 2 aromatic carbocycles. The molecule has 0 heterocycles. The van der Waals surface area contributed by atoms with Gasteiger partial charge in [0.25, 0.3) is 0 Å². The second-order valence-corrected chi connectivity index (χ2v) is 6.95. The highest BCUT2D eigenvalue weighted by atomic mass is 32.3. The molecule has 2 rings (SSSR count). The van der Waals surface area contributed by atoms with Gasteiger partial charge in [-0.1, -0.05) is 30.3 Å². The lowest BCUT2D eigenvalue weighted by molar-refractivity contribution is 0.0695. The van der Waals surface area contributed by atoms with E-state index in [1.165, 1.54) is 36.4 Å². The maximum atomic E-state index is 11.3. The highest BCUT2D eigenvalue weighted by Crippen LogP contribution is 2.30. The number of carbonyl (C=O) groups is 1. The molecule has 0 saturated carbocycles. The van der Waals surface area contributed by atoms with Gasteiger partial charge in [-0.05, 0) is 12.1 Å². The topological polar surface area (TPSA) is 164 Å². The first-order chi connectivity index (χ1) is 12.0. The number of hydrogen-bond acceptors (Lipinski definition) is 7. The maximum Gasteiger partial charge on any atom is 0.446 e. The molecule has 26 heavy (non-hydrogen) atoms. The quantitative estimate of drug-likeness (QED) is 0.573. The van der Waals surface area contributed by atoms with E-state index in [-0.39, 0.29) is 23.3 Å². The summed E-state index contributed by atoms with van der Waals surface area (Å²) < 4.78 is 70.4. The van der Waals surface area contributed by atoms with Crippen LogP contribution in [-0.2, 0) is 27.2 Å². The van der Waals surface area contributed by atoms with E-state index < -0.39 is 38.1 Å². The van der Waals surface area contributed by atoms with Crippen molar-refractivity contribution in [1.82, 2.24) is 0 Å². The highest BCUT2D eigenvalue weighted by Gasteiger charge is 2.22. The number of hydrogen-bond donors (Lipinski definition) is 3. The zero-order chi connectivity index (χ0) is 19.5. The maximum absolute atomic E-state index is 11.3. The standard InChI is InChI=1S/C14H12O10S2/c15-14(16)11-6-3-5-10(13(11)24-26(20,21)22)8-9-4-1-2-7-12(9)23-25(17,18)19/h1-7H,8H2,(H,15,16)(H,17,18,19)(H,20,21,22). The van der Waals surface area contributed by atoms with Crippen LogP contribution >= 0.6 is 0 Å². The minimum Gasteiger partial charge on any atom is -0.478 e. The first kappa shape index (κ1) is 19.7. The lowest BCUT2D eigenvalue weighted by Crippen LogP contribution is -2.13. The van der Waals surface area contributed by atoms with E-state index in [2.05, 4.69) is 8.37 Å². The summed E-state index contributed by atoms with van der Waals surface area (Å²) in [6.45, 7) is 0. The van der Waals surface area contributed by atoms with Crippen molar-refractivity contribution in [2.24, 2.45) is 0 Å². The summed E-state index contributed by atoms with van der Waals surface area (Å²) in [6.07, 6.45) is -0.225. The van der Waals surface area contributed by atoms with Crippen LogP contribution in [0.1, 0.15) is 21.5 Å². The van der Waals surface area contributed by atoms with Crippen LogP contribution in [0.15, 0.2) is 42.5 Å². The van der Waals surface area contributed by atoms with E-state index >= 15 is 0 Å². The molecule has 0 atom stereocenters. The van der Waals surface area contributed by atoms with Crippen molar-refractivity contribution < 1.29 is 44.2 Å². The molecule has 0 bridgehead atoms. The van der Waals surface area contributed by atoms with Gasteiger partial charge in [-0.2, -0.15) is 16.8 Å². The van der Waals surface area contributed by atoms with Crippen molar-refractivity contribution in [3.8, 4) is 11.5 Å². The summed E-state index contributed by atoms with van der Waals surface area (Å²) in [5, 5.41) is 9.17. The van der Waals surface area contributed by atoms with Crippen LogP contribution in [0.25, 0.3) is 0 Å².